The Balaban J connectivity index is 1.66. The van der Waals surface area contributed by atoms with Gasteiger partial charge in [0.05, 0.1) is 22.2 Å². The summed E-state index contributed by atoms with van der Waals surface area (Å²) in [5.41, 5.74) is 1.63. The minimum Gasteiger partial charge on any atom is -0.344 e. The molecule has 1 N–H and O–H groups in total. The molecule has 34 heavy (non-hydrogen) atoms. The van der Waals surface area contributed by atoms with Crippen molar-refractivity contribution in [3.8, 4) is 11.1 Å². The number of halogens is 4. The van der Waals surface area contributed by atoms with E-state index < -0.39 is 28.7 Å². The summed E-state index contributed by atoms with van der Waals surface area (Å²) in [5, 5.41) is 2.40. The third-order valence-electron chi connectivity index (χ3n) is 6.31. The number of carbonyl (C=O) groups is 1. The number of pyridine rings is 1. The molecule has 1 amide bonds. The highest BCUT2D eigenvalue weighted by Gasteiger charge is 2.36. The van der Waals surface area contributed by atoms with Gasteiger partial charge in [-0.2, -0.15) is 13.2 Å². The molecule has 0 spiro atoms. The normalized spacial score (nSPS) is 17.9. The Labute approximate surface area is 201 Å². The molecule has 2 heterocycles. The number of carbonyl (C=O) groups excluding carboxylic acids is 1. The molecule has 1 aromatic heterocycles. The molecule has 4 rings (SSSR count). The number of likely N-dealkylation sites (N-methyl/N-ethyl adjacent to an activating group) is 1. The van der Waals surface area contributed by atoms with E-state index >= 15 is 0 Å². The molecule has 1 fully saturated rings. The van der Waals surface area contributed by atoms with Crippen molar-refractivity contribution >= 4 is 17.5 Å². The number of nitrogens with one attached hydrogen (secondary N) is 1. The molecule has 1 aliphatic rings. The minimum absolute atomic E-state index is 0.00603. The zero-order valence-electron chi connectivity index (χ0n) is 18.6. The summed E-state index contributed by atoms with van der Waals surface area (Å²) in [4.78, 5) is 19.5. The predicted molar refractivity (Wildman–Crippen MR) is 127 cm³/mol. The quantitative estimate of drug-likeness (QED) is 0.454. The summed E-state index contributed by atoms with van der Waals surface area (Å²) in [6, 6.07) is 14.6. The van der Waals surface area contributed by atoms with E-state index in [0.717, 1.165) is 48.6 Å². The van der Waals surface area contributed by atoms with Gasteiger partial charge in [0.15, 0.2) is 0 Å². The fraction of sp³-hybridized carbons (Fsp3) is 0.308. The van der Waals surface area contributed by atoms with Crippen molar-refractivity contribution in [3.63, 3.8) is 0 Å². The molecular weight excluding hydrogens is 463 g/mol. The van der Waals surface area contributed by atoms with E-state index in [1.165, 1.54) is 12.1 Å². The van der Waals surface area contributed by atoms with E-state index in [2.05, 4.69) is 15.2 Å². The fourth-order valence-corrected chi connectivity index (χ4v) is 4.80. The van der Waals surface area contributed by atoms with Gasteiger partial charge in [0.2, 0.25) is 0 Å². The Hall–Kier alpha value is -2.90. The van der Waals surface area contributed by atoms with Gasteiger partial charge in [-0.1, -0.05) is 54.4 Å². The SMILES string of the molecule is CN1CCCC[C@H]1[C@@H](NC(=O)c1cccc(C(F)(F)F)c1Cl)c1ccc(-c2cccnc2)cc1. The van der Waals surface area contributed by atoms with Gasteiger partial charge in [0.25, 0.3) is 5.91 Å². The van der Waals surface area contributed by atoms with Crippen LogP contribution in [0.3, 0.4) is 0 Å². The maximum Gasteiger partial charge on any atom is 0.417 e. The van der Waals surface area contributed by atoms with Crippen molar-refractivity contribution < 1.29 is 18.0 Å². The van der Waals surface area contributed by atoms with E-state index in [-0.39, 0.29) is 11.6 Å². The average Bonchev–Trinajstić information content (AvgIpc) is 2.83. The molecule has 0 unspecified atom stereocenters. The van der Waals surface area contributed by atoms with E-state index in [1.54, 1.807) is 12.4 Å². The highest BCUT2D eigenvalue weighted by molar-refractivity contribution is 6.34. The smallest absolute Gasteiger partial charge is 0.344 e. The standard InChI is InChI=1S/C26H25ClF3N3O/c1-33-15-3-2-9-22(33)24(18-12-10-17(11-13-18)19-6-5-14-31-16-19)32-25(34)20-7-4-8-21(23(20)27)26(28,29)30/h4-8,10-14,16,22,24H,2-3,9,15H2,1H3,(H,32,34)/t22-,24-/m0/s1. The number of likely N-dealkylation sites (tertiary alicyclic amines) is 1. The second-order valence-electron chi connectivity index (χ2n) is 8.52. The lowest BCUT2D eigenvalue weighted by Crippen LogP contribution is -2.47. The lowest BCUT2D eigenvalue weighted by atomic mass is 9.90. The molecule has 178 valence electrons. The first-order valence-corrected chi connectivity index (χ1v) is 11.5. The summed E-state index contributed by atoms with van der Waals surface area (Å²) in [6.07, 6.45) is 1.78. The molecule has 2 aromatic carbocycles. The minimum atomic E-state index is -4.64. The third kappa shape index (κ3) is 5.26. The number of alkyl halides is 3. The molecule has 0 saturated carbocycles. The second kappa shape index (κ2) is 10.2. The van der Waals surface area contributed by atoms with Crippen LogP contribution in [0.4, 0.5) is 13.2 Å². The van der Waals surface area contributed by atoms with Crippen LogP contribution in [-0.2, 0) is 6.18 Å². The van der Waals surface area contributed by atoms with E-state index in [4.69, 9.17) is 11.6 Å². The first kappa shape index (κ1) is 24.2. The Kier molecular flexibility index (Phi) is 7.24. The van der Waals surface area contributed by atoms with Crippen molar-refractivity contribution in [2.75, 3.05) is 13.6 Å². The molecule has 1 saturated heterocycles. The van der Waals surface area contributed by atoms with Gasteiger partial charge in [0.1, 0.15) is 0 Å². The van der Waals surface area contributed by atoms with Crippen LogP contribution < -0.4 is 5.32 Å². The van der Waals surface area contributed by atoms with Crippen molar-refractivity contribution in [2.45, 2.75) is 37.5 Å². The van der Waals surface area contributed by atoms with Crippen LogP contribution in [0.1, 0.15) is 46.8 Å². The van der Waals surface area contributed by atoms with Gasteiger partial charge in [-0.25, -0.2) is 0 Å². The van der Waals surface area contributed by atoms with Gasteiger partial charge in [-0.3, -0.25) is 9.78 Å². The highest BCUT2D eigenvalue weighted by Crippen LogP contribution is 2.37. The number of benzene rings is 2. The summed E-state index contributed by atoms with van der Waals surface area (Å²) < 4.78 is 39.9. The van der Waals surface area contributed by atoms with E-state index in [9.17, 15) is 18.0 Å². The molecule has 4 nitrogen and oxygen atoms in total. The van der Waals surface area contributed by atoms with Crippen LogP contribution in [0.2, 0.25) is 5.02 Å². The lowest BCUT2D eigenvalue weighted by Gasteiger charge is -2.38. The lowest BCUT2D eigenvalue weighted by molar-refractivity contribution is -0.137. The summed E-state index contributed by atoms with van der Waals surface area (Å²) in [5.74, 6) is -0.628. The van der Waals surface area contributed by atoms with Crippen molar-refractivity contribution in [1.82, 2.24) is 15.2 Å². The molecule has 8 heteroatoms. The first-order valence-electron chi connectivity index (χ1n) is 11.1. The summed E-state index contributed by atoms with van der Waals surface area (Å²) in [7, 11) is 2.00. The first-order chi connectivity index (χ1) is 16.3. The van der Waals surface area contributed by atoms with Gasteiger partial charge >= 0.3 is 6.18 Å². The Morgan fingerprint density at radius 3 is 2.50 bits per heavy atom. The van der Waals surface area contributed by atoms with E-state index in [0.29, 0.717) is 0 Å². The van der Waals surface area contributed by atoms with Crippen LogP contribution in [-0.4, -0.2) is 35.4 Å². The second-order valence-corrected chi connectivity index (χ2v) is 8.90. The molecule has 0 radical (unpaired) electrons. The third-order valence-corrected chi connectivity index (χ3v) is 6.72. The zero-order valence-corrected chi connectivity index (χ0v) is 19.4. The predicted octanol–water partition coefficient (Wildman–Crippen LogP) is 6.38. The number of aromatic nitrogens is 1. The number of rotatable bonds is 5. The molecule has 3 aromatic rings. The fourth-order valence-electron chi connectivity index (χ4n) is 4.49. The Bertz CT molecular complexity index is 1140. The monoisotopic (exact) mass is 487 g/mol. The van der Waals surface area contributed by atoms with Gasteiger partial charge in [-0.15, -0.1) is 0 Å². The topological polar surface area (TPSA) is 45.2 Å². The van der Waals surface area contributed by atoms with Crippen LogP contribution in [0.15, 0.2) is 67.0 Å². The largest absolute Gasteiger partial charge is 0.417 e. The number of piperidine rings is 1. The molecule has 0 aliphatic carbocycles. The Morgan fingerprint density at radius 1 is 1.09 bits per heavy atom. The maximum absolute atomic E-state index is 13.3. The van der Waals surface area contributed by atoms with Crippen LogP contribution >= 0.6 is 11.6 Å². The summed E-state index contributed by atoms with van der Waals surface area (Å²) in [6.45, 7) is 0.884. The number of amides is 1. The molecule has 2 atom stereocenters. The van der Waals surface area contributed by atoms with Crippen molar-refractivity contribution in [3.05, 3.63) is 88.7 Å². The van der Waals surface area contributed by atoms with E-state index in [1.807, 2.05) is 43.4 Å². The maximum atomic E-state index is 13.3. The van der Waals surface area contributed by atoms with Crippen LogP contribution in [0.25, 0.3) is 11.1 Å². The number of hydrogen-bond acceptors (Lipinski definition) is 3. The zero-order chi connectivity index (χ0) is 24.3. The number of nitrogens with zero attached hydrogens (tertiary/aromatic N) is 2. The highest BCUT2D eigenvalue weighted by atomic mass is 35.5. The number of hydrogen-bond donors (Lipinski definition) is 1. The molecule has 0 bridgehead atoms. The Morgan fingerprint density at radius 2 is 1.85 bits per heavy atom. The molecular formula is C26H25ClF3N3O. The summed E-state index contributed by atoms with van der Waals surface area (Å²) >= 11 is 6.02. The van der Waals surface area contributed by atoms with Gasteiger partial charge < -0.3 is 10.2 Å². The van der Waals surface area contributed by atoms with Crippen molar-refractivity contribution in [1.29, 1.82) is 0 Å². The molecule has 1 aliphatic heterocycles. The van der Waals surface area contributed by atoms with Gasteiger partial charge in [-0.05, 0) is 61.3 Å². The van der Waals surface area contributed by atoms with Crippen molar-refractivity contribution in [2.24, 2.45) is 0 Å². The van der Waals surface area contributed by atoms with Crippen LogP contribution in [0, 0.1) is 0 Å². The van der Waals surface area contributed by atoms with Gasteiger partial charge in [0, 0.05) is 18.4 Å². The van der Waals surface area contributed by atoms with Crippen LogP contribution in [0.5, 0.6) is 0 Å². The average molecular weight is 488 g/mol.